The van der Waals surface area contributed by atoms with Gasteiger partial charge < -0.3 is 19.9 Å². The van der Waals surface area contributed by atoms with Crippen molar-refractivity contribution < 1.29 is 14.2 Å². The average Bonchev–Trinajstić information content (AvgIpc) is 2.48. The highest BCUT2D eigenvalue weighted by Gasteiger charge is 2.20. The molecule has 0 amide bonds. The van der Waals surface area contributed by atoms with Crippen LogP contribution in [-0.2, 0) is 4.74 Å². The van der Waals surface area contributed by atoms with Crippen molar-refractivity contribution in [2.24, 2.45) is 5.73 Å². The lowest BCUT2D eigenvalue weighted by atomic mass is 10.0. The smallest absolute Gasteiger partial charge is 0.123 e. The number of rotatable bonds is 9. The molecule has 5 nitrogen and oxygen atoms in total. The van der Waals surface area contributed by atoms with E-state index in [1.165, 1.54) is 0 Å². The van der Waals surface area contributed by atoms with E-state index in [0.717, 1.165) is 30.2 Å². The van der Waals surface area contributed by atoms with Gasteiger partial charge in [0.15, 0.2) is 0 Å². The molecular formula is C15H26N2O3. The van der Waals surface area contributed by atoms with Crippen LogP contribution in [0.5, 0.6) is 11.5 Å². The van der Waals surface area contributed by atoms with Crippen molar-refractivity contribution in [3.8, 4) is 11.5 Å². The number of methoxy groups -OCH3 is 2. The molecule has 0 heterocycles. The van der Waals surface area contributed by atoms with E-state index in [9.17, 15) is 0 Å². The second kappa shape index (κ2) is 8.79. The quantitative estimate of drug-likeness (QED) is 0.698. The lowest BCUT2D eigenvalue weighted by molar-refractivity contribution is 0.108. The van der Waals surface area contributed by atoms with Crippen LogP contribution in [0.15, 0.2) is 18.2 Å². The zero-order chi connectivity index (χ0) is 15.0. The first-order valence-electron chi connectivity index (χ1n) is 6.87. The third kappa shape index (κ3) is 4.37. The van der Waals surface area contributed by atoms with Crippen molar-refractivity contribution >= 4 is 0 Å². The van der Waals surface area contributed by atoms with Gasteiger partial charge in [-0.05, 0) is 32.2 Å². The Morgan fingerprint density at radius 3 is 2.55 bits per heavy atom. The Balaban J connectivity index is 2.91. The van der Waals surface area contributed by atoms with Crippen LogP contribution in [0.1, 0.15) is 18.5 Å². The summed E-state index contributed by atoms with van der Waals surface area (Å²) >= 11 is 0. The Kier molecular flexibility index (Phi) is 7.36. The number of hydrogen-bond donors (Lipinski definition) is 1. The van der Waals surface area contributed by atoms with Gasteiger partial charge in [0.2, 0.25) is 0 Å². The molecule has 0 aromatic heterocycles. The van der Waals surface area contributed by atoms with Crippen LogP contribution >= 0.6 is 0 Å². The van der Waals surface area contributed by atoms with Crippen LogP contribution in [0.25, 0.3) is 0 Å². The topological polar surface area (TPSA) is 57.0 Å². The third-order valence-corrected chi connectivity index (χ3v) is 3.34. The van der Waals surface area contributed by atoms with Gasteiger partial charge in [-0.15, -0.1) is 0 Å². The number of nitrogens with zero attached hydrogens (tertiary/aromatic N) is 1. The minimum absolute atomic E-state index is 0.0699. The van der Waals surface area contributed by atoms with Crippen LogP contribution in [0, 0.1) is 0 Å². The predicted molar refractivity (Wildman–Crippen MR) is 80.5 cm³/mol. The summed E-state index contributed by atoms with van der Waals surface area (Å²) in [7, 11) is 5.36. The first-order chi connectivity index (χ1) is 9.67. The molecule has 1 rings (SSSR count). The van der Waals surface area contributed by atoms with E-state index < -0.39 is 0 Å². The largest absolute Gasteiger partial charge is 0.497 e. The molecule has 5 heteroatoms. The van der Waals surface area contributed by atoms with Crippen LogP contribution in [0.3, 0.4) is 0 Å². The maximum Gasteiger partial charge on any atom is 0.123 e. The van der Waals surface area contributed by atoms with E-state index in [0.29, 0.717) is 13.2 Å². The van der Waals surface area contributed by atoms with Gasteiger partial charge in [0, 0.05) is 25.3 Å². The maximum atomic E-state index is 5.95. The summed E-state index contributed by atoms with van der Waals surface area (Å²) in [5, 5.41) is 0. The SMILES string of the molecule is CCOCCN(C)C(CN)c1cc(OC)ccc1OC. The number of likely N-dealkylation sites (N-methyl/N-ethyl adjacent to an activating group) is 1. The Labute approximate surface area is 121 Å². The first kappa shape index (κ1) is 16.8. The summed E-state index contributed by atoms with van der Waals surface area (Å²) in [5.74, 6) is 1.63. The number of ether oxygens (including phenoxy) is 3. The van der Waals surface area contributed by atoms with E-state index >= 15 is 0 Å². The molecule has 0 saturated heterocycles. The van der Waals surface area contributed by atoms with Crippen LogP contribution < -0.4 is 15.2 Å². The molecule has 0 aliphatic heterocycles. The van der Waals surface area contributed by atoms with Crippen LogP contribution in [0.2, 0.25) is 0 Å². The monoisotopic (exact) mass is 282 g/mol. The summed E-state index contributed by atoms with van der Waals surface area (Å²) < 4.78 is 16.1. The first-order valence-corrected chi connectivity index (χ1v) is 6.87. The van der Waals surface area contributed by atoms with Crippen LogP contribution in [0.4, 0.5) is 0 Å². The number of nitrogens with two attached hydrogens (primary N) is 1. The third-order valence-electron chi connectivity index (χ3n) is 3.34. The fraction of sp³-hybridized carbons (Fsp3) is 0.600. The Bertz CT molecular complexity index is 399. The molecular weight excluding hydrogens is 256 g/mol. The van der Waals surface area contributed by atoms with Crippen molar-refractivity contribution in [1.82, 2.24) is 4.90 Å². The molecule has 0 aliphatic rings. The highest BCUT2D eigenvalue weighted by molar-refractivity contribution is 5.42. The van der Waals surface area contributed by atoms with Crippen molar-refractivity contribution in [2.75, 3.05) is 47.6 Å². The van der Waals surface area contributed by atoms with Crippen molar-refractivity contribution in [2.45, 2.75) is 13.0 Å². The molecule has 0 bridgehead atoms. The van der Waals surface area contributed by atoms with E-state index in [4.69, 9.17) is 19.9 Å². The molecule has 1 aromatic rings. The molecule has 0 saturated carbocycles. The van der Waals surface area contributed by atoms with Crippen molar-refractivity contribution in [1.29, 1.82) is 0 Å². The second-order valence-corrected chi connectivity index (χ2v) is 4.54. The summed E-state index contributed by atoms with van der Waals surface area (Å²) in [6, 6.07) is 5.84. The van der Waals surface area contributed by atoms with E-state index in [1.54, 1.807) is 14.2 Å². The average molecular weight is 282 g/mol. The Hall–Kier alpha value is -1.30. The molecule has 1 aromatic carbocycles. The summed E-state index contributed by atoms with van der Waals surface area (Å²) in [4.78, 5) is 2.17. The normalized spacial score (nSPS) is 12.5. The van der Waals surface area contributed by atoms with Gasteiger partial charge in [-0.2, -0.15) is 0 Å². The number of benzene rings is 1. The summed E-state index contributed by atoms with van der Waals surface area (Å²) in [6.07, 6.45) is 0. The zero-order valence-electron chi connectivity index (χ0n) is 12.9. The minimum Gasteiger partial charge on any atom is -0.497 e. The molecule has 0 fully saturated rings. The van der Waals surface area contributed by atoms with Gasteiger partial charge in [0.25, 0.3) is 0 Å². The van der Waals surface area contributed by atoms with E-state index in [1.807, 2.05) is 32.2 Å². The fourth-order valence-corrected chi connectivity index (χ4v) is 2.15. The maximum absolute atomic E-state index is 5.95. The van der Waals surface area contributed by atoms with Crippen molar-refractivity contribution in [3.05, 3.63) is 23.8 Å². The van der Waals surface area contributed by atoms with Crippen molar-refractivity contribution in [3.63, 3.8) is 0 Å². The Morgan fingerprint density at radius 1 is 1.25 bits per heavy atom. The molecule has 1 unspecified atom stereocenters. The standard InChI is InChI=1S/C15H26N2O3/c1-5-20-9-8-17(2)14(11-16)13-10-12(18-3)6-7-15(13)19-4/h6-7,10,14H,5,8-9,11,16H2,1-4H3. The van der Waals surface area contributed by atoms with Gasteiger partial charge >= 0.3 is 0 Å². The summed E-state index contributed by atoms with van der Waals surface area (Å²) in [5.41, 5.74) is 6.98. The highest BCUT2D eigenvalue weighted by atomic mass is 16.5. The molecule has 0 spiro atoms. The van der Waals surface area contributed by atoms with E-state index in [2.05, 4.69) is 4.90 Å². The van der Waals surface area contributed by atoms with Gasteiger partial charge in [-0.25, -0.2) is 0 Å². The molecule has 0 aliphatic carbocycles. The molecule has 1 atom stereocenters. The van der Waals surface area contributed by atoms with Gasteiger partial charge in [0.1, 0.15) is 11.5 Å². The van der Waals surface area contributed by atoms with Gasteiger partial charge in [-0.1, -0.05) is 0 Å². The van der Waals surface area contributed by atoms with Crippen LogP contribution in [-0.4, -0.2) is 52.5 Å². The van der Waals surface area contributed by atoms with E-state index in [-0.39, 0.29) is 6.04 Å². The zero-order valence-corrected chi connectivity index (χ0v) is 12.9. The molecule has 20 heavy (non-hydrogen) atoms. The lowest BCUT2D eigenvalue weighted by Gasteiger charge is -2.28. The van der Waals surface area contributed by atoms with Gasteiger partial charge in [-0.3, -0.25) is 4.90 Å². The number of hydrogen-bond acceptors (Lipinski definition) is 5. The molecule has 2 N–H and O–H groups in total. The predicted octanol–water partition coefficient (Wildman–Crippen LogP) is 1.67. The lowest BCUT2D eigenvalue weighted by Crippen LogP contribution is -2.33. The van der Waals surface area contributed by atoms with Gasteiger partial charge in [0.05, 0.1) is 26.9 Å². The molecule has 0 radical (unpaired) electrons. The second-order valence-electron chi connectivity index (χ2n) is 4.54. The summed E-state index contributed by atoms with van der Waals surface area (Å²) in [6.45, 7) is 4.73. The fourth-order valence-electron chi connectivity index (χ4n) is 2.15. The molecule has 114 valence electrons. The highest BCUT2D eigenvalue weighted by Crippen LogP contribution is 2.31. The minimum atomic E-state index is 0.0699. The Morgan fingerprint density at radius 2 is 2.00 bits per heavy atom.